The zero-order chi connectivity index (χ0) is 28.6. The average Bonchev–Trinajstić information content (AvgIpc) is 3.79. The lowest BCUT2D eigenvalue weighted by atomic mass is 9.91. The Hall–Kier alpha value is -2.96. The van der Waals surface area contributed by atoms with Gasteiger partial charge in [-0.05, 0) is 87.8 Å². The molecule has 1 aliphatic carbocycles. The third-order valence-electron chi connectivity index (χ3n) is 8.36. The minimum absolute atomic E-state index is 0.207. The van der Waals surface area contributed by atoms with E-state index >= 15 is 0 Å². The smallest absolute Gasteiger partial charge is 0.349 e. The summed E-state index contributed by atoms with van der Waals surface area (Å²) in [5.74, 6) is -0.587. The molecular formula is C30H34N4O5S2. The van der Waals surface area contributed by atoms with Crippen LogP contribution in [-0.4, -0.2) is 63.0 Å². The number of carbonyl (C=O) groups excluding carboxylic acids is 2. The summed E-state index contributed by atoms with van der Waals surface area (Å²) < 4.78 is 13.5. The molecule has 3 aromatic heterocycles. The Morgan fingerprint density at radius 3 is 2.73 bits per heavy atom. The Kier molecular flexibility index (Phi) is 8.06. The van der Waals surface area contributed by atoms with Crippen LogP contribution < -0.4 is 0 Å². The number of aryl methyl sites for hydroxylation is 2. The van der Waals surface area contributed by atoms with E-state index in [-0.39, 0.29) is 6.10 Å². The van der Waals surface area contributed by atoms with Crippen LogP contribution in [0.4, 0.5) is 0 Å². The fourth-order valence-corrected chi connectivity index (χ4v) is 7.91. The van der Waals surface area contributed by atoms with Crippen LogP contribution in [0.3, 0.4) is 0 Å². The van der Waals surface area contributed by atoms with Gasteiger partial charge < -0.3 is 19.5 Å². The lowest BCUT2D eigenvalue weighted by Crippen LogP contribution is -2.42. The van der Waals surface area contributed by atoms with Gasteiger partial charge in [0.15, 0.2) is 6.29 Å². The monoisotopic (exact) mass is 594 g/mol. The van der Waals surface area contributed by atoms with Crippen molar-refractivity contribution in [2.45, 2.75) is 76.5 Å². The quantitative estimate of drug-likeness (QED) is 0.206. The summed E-state index contributed by atoms with van der Waals surface area (Å²) in [4.78, 5) is 29.5. The highest BCUT2D eigenvalue weighted by Crippen LogP contribution is 2.39. The number of hydrogen-bond acceptors (Lipinski definition) is 10. The molecule has 0 bridgehead atoms. The molecule has 4 aromatic rings. The topological polar surface area (TPSA) is 107 Å². The van der Waals surface area contributed by atoms with E-state index in [1.165, 1.54) is 22.7 Å². The van der Waals surface area contributed by atoms with Crippen molar-refractivity contribution in [1.29, 1.82) is 0 Å². The van der Waals surface area contributed by atoms with Gasteiger partial charge in [0.1, 0.15) is 11.6 Å². The van der Waals surface area contributed by atoms with Gasteiger partial charge in [-0.1, -0.05) is 11.3 Å². The molecule has 1 atom stereocenters. The van der Waals surface area contributed by atoms with Crippen molar-refractivity contribution in [3.8, 4) is 0 Å². The molecule has 9 nitrogen and oxygen atoms in total. The molecule has 2 aliphatic rings. The maximum Gasteiger partial charge on any atom is 0.349 e. The number of nitrogens with zero attached hydrogens (tertiary/aromatic N) is 4. The number of rotatable bonds is 10. The molecule has 11 heteroatoms. The van der Waals surface area contributed by atoms with Crippen LogP contribution in [0.15, 0.2) is 35.7 Å². The molecule has 216 valence electrons. The molecule has 41 heavy (non-hydrogen) atoms. The van der Waals surface area contributed by atoms with Gasteiger partial charge in [0, 0.05) is 28.6 Å². The molecule has 1 N–H and O–H groups in total. The summed E-state index contributed by atoms with van der Waals surface area (Å²) >= 11 is 2.78. The number of fused-ring (bicyclic) bond motifs is 3. The fourth-order valence-electron chi connectivity index (χ4n) is 6.06. The molecular weight excluding hydrogens is 560 g/mol. The number of benzene rings is 1. The van der Waals surface area contributed by atoms with Gasteiger partial charge in [-0.2, -0.15) is 0 Å². The highest BCUT2D eigenvalue weighted by molar-refractivity contribution is 7.13. The number of hydrogen-bond donors (Lipinski definition) is 1. The Morgan fingerprint density at radius 1 is 1.22 bits per heavy atom. The Bertz CT molecular complexity index is 1540. The van der Waals surface area contributed by atoms with Crippen molar-refractivity contribution in [1.82, 2.24) is 19.9 Å². The molecule has 4 heterocycles. The number of thiophene rings is 2. The molecule has 1 aliphatic heterocycles. The second-order valence-corrected chi connectivity index (χ2v) is 13.2. The first-order valence-electron chi connectivity index (χ1n) is 14.0. The first-order chi connectivity index (χ1) is 19.9. The van der Waals surface area contributed by atoms with Crippen molar-refractivity contribution in [2.24, 2.45) is 0 Å². The van der Waals surface area contributed by atoms with E-state index in [4.69, 9.17) is 9.47 Å². The first kappa shape index (κ1) is 28.2. The molecule has 6 rings (SSSR count). The van der Waals surface area contributed by atoms with Crippen molar-refractivity contribution >= 4 is 46.0 Å². The number of carbonyl (C=O) groups is 2. The SMILES string of the molecule is Cc1ccc([C@](O)(C(=O)O[C@H]2CC[C@H](N(C)CCCn3nnc4cc(C=O)c5c(c43)COC5)CC2)c2cccs2)s1. The van der Waals surface area contributed by atoms with E-state index in [1.54, 1.807) is 12.1 Å². The lowest BCUT2D eigenvalue weighted by molar-refractivity contribution is -0.169. The van der Waals surface area contributed by atoms with Gasteiger partial charge in [-0.3, -0.25) is 4.79 Å². The minimum atomic E-state index is -1.77. The number of aromatic nitrogens is 3. The van der Waals surface area contributed by atoms with Gasteiger partial charge in [-0.25, -0.2) is 9.48 Å². The van der Waals surface area contributed by atoms with E-state index in [2.05, 4.69) is 22.3 Å². The van der Waals surface area contributed by atoms with E-state index in [1.807, 2.05) is 35.2 Å². The second kappa shape index (κ2) is 11.7. The molecule has 0 amide bonds. The lowest BCUT2D eigenvalue weighted by Gasteiger charge is -2.35. The van der Waals surface area contributed by atoms with Crippen LogP contribution in [0.1, 0.15) is 68.2 Å². The molecule has 0 unspecified atom stereocenters. The summed E-state index contributed by atoms with van der Waals surface area (Å²) in [6.45, 7) is 4.52. The van der Waals surface area contributed by atoms with Crippen molar-refractivity contribution < 1.29 is 24.2 Å². The highest BCUT2D eigenvalue weighted by Gasteiger charge is 2.45. The van der Waals surface area contributed by atoms with Crippen LogP contribution in [0.5, 0.6) is 0 Å². The number of esters is 1. The summed E-state index contributed by atoms with van der Waals surface area (Å²) in [5.41, 5.74) is 2.54. The highest BCUT2D eigenvalue weighted by atomic mass is 32.1. The van der Waals surface area contributed by atoms with Crippen LogP contribution in [0.25, 0.3) is 11.0 Å². The first-order valence-corrected chi connectivity index (χ1v) is 15.7. The Labute approximate surface area is 246 Å². The maximum atomic E-state index is 13.4. The maximum absolute atomic E-state index is 13.4. The third kappa shape index (κ3) is 5.37. The second-order valence-electron chi connectivity index (χ2n) is 11.0. The predicted octanol–water partition coefficient (Wildman–Crippen LogP) is 4.82. The van der Waals surface area contributed by atoms with Gasteiger partial charge in [0.2, 0.25) is 5.60 Å². The molecule has 0 radical (unpaired) electrons. The van der Waals surface area contributed by atoms with Gasteiger partial charge >= 0.3 is 5.97 Å². The Balaban J connectivity index is 1.03. The van der Waals surface area contributed by atoms with E-state index < -0.39 is 11.6 Å². The predicted molar refractivity (Wildman–Crippen MR) is 157 cm³/mol. The third-order valence-corrected chi connectivity index (χ3v) is 10.5. The van der Waals surface area contributed by atoms with Crippen LogP contribution >= 0.6 is 22.7 Å². The standard InChI is InChI=1S/C30H34N4O5S2/c1-19-6-11-27(41-19)30(37,26-5-3-14-40-26)29(36)39-22-9-7-21(8-10-22)33(2)12-4-13-34-28-24-18-38-17-23(24)20(16-35)15-25(28)31-32-34/h3,5-6,11,14-16,21-22,37H,4,7-10,12-13,17-18H2,1-2H3/t21-,22-,30-/m0/s1. The van der Waals surface area contributed by atoms with Gasteiger partial charge in [-0.15, -0.1) is 27.8 Å². The summed E-state index contributed by atoms with van der Waals surface area (Å²) in [7, 11) is 2.15. The number of aliphatic hydroxyl groups is 1. The summed E-state index contributed by atoms with van der Waals surface area (Å²) in [6, 6.07) is 9.58. The number of ether oxygens (including phenoxy) is 2. The number of aldehydes is 1. The molecule has 1 fully saturated rings. The van der Waals surface area contributed by atoms with Gasteiger partial charge in [0.05, 0.1) is 28.5 Å². The van der Waals surface area contributed by atoms with E-state index in [0.29, 0.717) is 34.6 Å². The van der Waals surface area contributed by atoms with Crippen molar-refractivity contribution in [3.05, 3.63) is 67.0 Å². The molecule has 0 saturated heterocycles. The van der Waals surface area contributed by atoms with Crippen molar-refractivity contribution in [3.63, 3.8) is 0 Å². The van der Waals surface area contributed by atoms with Crippen LogP contribution in [0, 0.1) is 6.92 Å². The Morgan fingerprint density at radius 2 is 2.02 bits per heavy atom. The van der Waals surface area contributed by atoms with Crippen LogP contribution in [0.2, 0.25) is 0 Å². The summed E-state index contributed by atoms with van der Waals surface area (Å²) in [5, 5.41) is 22.2. The fraction of sp³-hybridized carbons (Fsp3) is 0.467. The molecule has 0 spiro atoms. The van der Waals surface area contributed by atoms with Crippen molar-refractivity contribution in [2.75, 3.05) is 13.6 Å². The van der Waals surface area contributed by atoms with Crippen LogP contribution in [-0.2, 0) is 39.6 Å². The average molecular weight is 595 g/mol. The zero-order valence-electron chi connectivity index (χ0n) is 23.2. The molecule has 1 aromatic carbocycles. The summed E-state index contributed by atoms with van der Waals surface area (Å²) in [6.07, 6.45) is 4.95. The van der Waals surface area contributed by atoms with Gasteiger partial charge in [0.25, 0.3) is 0 Å². The minimum Gasteiger partial charge on any atom is -0.460 e. The molecule has 1 saturated carbocycles. The van der Waals surface area contributed by atoms with E-state index in [0.717, 1.165) is 78.5 Å². The normalized spacial score (nSPS) is 20.3. The zero-order valence-corrected chi connectivity index (χ0v) is 24.9. The van der Waals surface area contributed by atoms with E-state index in [9.17, 15) is 14.7 Å². The largest absolute Gasteiger partial charge is 0.460 e.